The van der Waals surface area contributed by atoms with Crippen molar-refractivity contribution in [3.8, 4) is 0 Å². The molecule has 0 spiro atoms. The molecule has 3 rings (SSSR count). The smallest absolute Gasteiger partial charge is 0.416 e. The van der Waals surface area contributed by atoms with Gasteiger partial charge in [0, 0.05) is 21.9 Å². The van der Waals surface area contributed by atoms with E-state index >= 15 is 0 Å². The van der Waals surface area contributed by atoms with Crippen molar-refractivity contribution in [1.29, 1.82) is 0 Å². The Balaban J connectivity index is 2.02. The van der Waals surface area contributed by atoms with Crippen LogP contribution in [0.2, 0.25) is 10.0 Å². The number of carbonyl (C=O) groups excluding carboxylic acids is 1. The quantitative estimate of drug-likeness (QED) is 0.444. The maximum Gasteiger partial charge on any atom is 0.416 e. The molecule has 0 aliphatic heterocycles. The maximum atomic E-state index is 13.2. The minimum Gasteiger partial charge on any atom is -0.466 e. The van der Waals surface area contributed by atoms with Gasteiger partial charge in [-0.15, -0.1) is 0 Å². The summed E-state index contributed by atoms with van der Waals surface area (Å²) in [5.74, 6) is -0.386. The first-order valence-corrected chi connectivity index (χ1v) is 9.61. The van der Waals surface area contributed by atoms with Gasteiger partial charge in [-0.1, -0.05) is 35.3 Å². The third-order valence-corrected chi connectivity index (χ3v) is 4.95. The Bertz CT molecular complexity index is 1050. The molecule has 0 amide bonds. The summed E-state index contributed by atoms with van der Waals surface area (Å²) in [5.41, 5.74) is 0.719. The number of carbonyl (C=O) groups is 1. The van der Waals surface area contributed by atoms with Crippen LogP contribution in [0.1, 0.15) is 30.2 Å². The Kier molecular flexibility index (Phi) is 6.39. The number of esters is 1. The number of benzene rings is 2. The molecule has 0 atom stereocenters. The number of nitrogens with zero attached hydrogens (tertiary/aromatic N) is 2. The molecular weight excluding hydrogens is 428 g/mol. The number of alkyl halides is 3. The Morgan fingerprint density at radius 2 is 1.93 bits per heavy atom. The van der Waals surface area contributed by atoms with E-state index in [1.807, 2.05) is 0 Å². The van der Waals surface area contributed by atoms with Crippen molar-refractivity contribution in [3.05, 3.63) is 63.3 Å². The van der Waals surface area contributed by atoms with Crippen LogP contribution >= 0.6 is 23.2 Å². The first-order valence-electron chi connectivity index (χ1n) is 8.85. The second-order valence-electron chi connectivity index (χ2n) is 6.37. The molecule has 154 valence electrons. The van der Waals surface area contributed by atoms with E-state index in [4.69, 9.17) is 27.9 Å². The van der Waals surface area contributed by atoms with Gasteiger partial charge in [-0.25, -0.2) is 0 Å². The topological polar surface area (TPSA) is 44.1 Å². The van der Waals surface area contributed by atoms with Crippen molar-refractivity contribution in [3.63, 3.8) is 0 Å². The molecular formula is C20H17Cl2F3N2O2. The minimum atomic E-state index is -4.48. The van der Waals surface area contributed by atoms with E-state index in [9.17, 15) is 18.0 Å². The molecule has 1 heterocycles. The van der Waals surface area contributed by atoms with Crippen LogP contribution in [0.25, 0.3) is 10.9 Å². The summed E-state index contributed by atoms with van der Waals surface area (Å²) in [6.07, 6.45) is -4.14. The predicted molar refractivity (Wildman–Crippen MR) is 105 cm³/mol. The van der Waals surface area contributed by atoms with E-state index in [-0.39, 0.29) is 32.0 Å². The van der Waals surface area contributed by atoms with Gasteiger partial charge in [-0.3, -0.25) is 9.48 Å². The number of fused-ring (bicyclic) bond motifs is 1. The van der Waals surface area contributed by atoms with E-state index < -0.39 is 11.7 Å². The summed E-state index contributed by atoms with van der Waals surface area (Å²) in [5, 5.41) is 5.85. The zero-order valence-electron chi connectivity index (χ0n) is 15.4. The normalized spacial score (nSPS) is 11.8. The highest BCUT2D eigenvalue weighted by molar-refractivity contribution is 6.35. The highest BCUT2D eigenvalue weighted by Crippen LogP contribution is 2.33. The van der Waals surface area contributed by atoms with Gasteiger partial charge in [0.2, 0.25) is 0 Å². The number of aromatic nitrogens is 2. The third kappa shape index (κ3) is 5.03. The molecule has 0 aliphatic carbocycles. The molecule has 0 saturated heterocycles. The lowest BCUT2D eigenvalue weighted by Crippen LogP contribution is -2.07. The molecule has 0 bridgehead atoms. The summed E-state index contributed by atoms with van der Waals surface area (Å²) in [6, 6.07) is 8.36. The first-order chi connectivity index (χ1) is 13.7. The minimum absolute atomic E-state index is 0.0860. The van der Waals surface area contributed by atoms with Gasteiger partial charge in [0.15, 0.2) is 0 Å². The van der Waals surface area contributed by atoms with Gasteiger partial charge in [0.1, 0.15) is 0 Å². The number of aryl methyl sites for hydroxylation is 1. The fraction of sp³-hybridized carbons (Fsp3) is 0.300. The van der Waals surface area contributed by atoms with Crippen LogP contribution in [0.15, 0.2) is 36.4 Å². The zero-order chi connectivity index (χ0) is 21.2. The molecule has 0 unspecified atom stereocenters. The second kappa shape index (κ2) is 8.63. The molecule has 0 fully saturated rings. The summed E-state index contributed by atoms with van der Waals surface area (Å²) in [7, 11) is 0. The van der Waals surface area contributed by atoms with E-state index in [1.165, 1.54) is 10.7 Å². The molecule has 29 heavy (non-hydrogen) atoms. The molecule has 4 nitrogen and oxygen atoms in total. The van der Waals surface area contributed by atoms with Crippen LogP contribution in [-0.2, 0) is 28.7 Å². The van der Waals surface area contributed by atoms with Crippen LogP contribution in [0.4, 0.5) is 13.2 Å². The van der Waals surface area contributed by atoms with E-state index in [1.54, 1.807) is 25.1 Å². The molecule has 0 radical (unpaired) electrons. The lowest BCUT2D eigenvalue weighted by Gasteiger charge is -2.09. The average Bonchev–Trinajstić information content (AvgIpc) is 2.99. The number of hydrogen-bond acceptors (Lipinski definition) is 3. The van der Waals surface area contributed by atoms with Crippen LogP contribution in [0.5, 0.6) is 0 Å². The Morgan fingerprint density at radius 3 is 2.59 bits per heavy atom. The first kappa shape index (κ1) is 21.5. The number of hydrogen-bond donors (Lipinski definition) is 0. The SMILES string of the molecule is CCOC(=O)CCc1nn(Cc2ccc(Cl)cc2Cl)c2cc(C(F)(F)F)ccc12. The van der Waals surface area contributed by atoms with Gasteiger partial charge < -0.3 is 4.74 Å². The third-order valence-electron chi connectivity index (χ3n) is 4.36. The summed E-state index contributed by atoms with van der Waals surface area (Å²) in [6.45, 7) is 2.13. The van der Waals surface area contributed by atoms with E-state index in [2.05, 4.69) is 5.10 Å². The number of ether oxygens (including phenoxy) is 1. The Labute approximate surface area is 175 Å². The van der Waals surface area contributed by atoms with Gasteiger partial charge in [0.05, 0.1) is 36.3 Å². The molecule has 9 heteroatoms. The lowest BCUT2D eigenvalue weighted by molar-refractivity contribution is -0.143. The maximum absolute atomic E-state index is 13.2. The predicted octanol–water partition coefficient (Wildman–Crippen LogP) is 5.91. The van der Waals surface area contributed by atoms with Crippen molar-refractivity contribution < 1.29 is 22.7 Å². The van der Waals surface area contributed by atoms with E-state index in [0.29, 0.717) is 32.2 Å². The van der Waals surface area contributed by atoms with Crippen LogP contribution < -0.4 is 0 Å². The molecule has 3 aromatic rings. The van der Waals surface area contributed by atoms with Gasteiger partial charge >= 0.3 is 12.1 Å². The van der Waals surface area contributed by atoms with Crippen molar-refractivity contribution in [2.45, 2.75) is 32.5 Å². The fourth-order valence-corrected chi connectivity index (χ4v) is 3.46. The standard InChI is InChI=1S/C20H17Cl2F3N2O2/c1-2-29-19(28)8-7-17-15-6-4-13(20(23,24)25)9-18(15)27(26-17)11-12-3-5-14(21)10-16(12)22/h3-6,9-10H,2,7-8,11H2,1H3. The van der Waals surface area contributed by atoms with Gasteiger partial charge in [0.25, 0.3) is 0 Å². The molecule has 0 N–H and O–H groups in total. The second-order valence-corrected chi connectivity index (χ2v) is 7.22. The molecule has 0 aliphatic rings. The van der Waals surface area contributed by atoms with Crippen molar-refractivity contribution in [1.82, 2.24) is 9.78 Å². The van der Waals surface area contributed by atoms with Crippen LogP contribution in [0.3, 0.4) is 0 Å². The summed E-state index contributed by atoms with van der Waals surface area (Å²) < 4.78 is 46.0. The number of rotatable bonds is 6. The van der Waals surface area contributed by atoms with Gasteiger partial charge in [-0.2, -0.15) is 18.3 Å². The van der Waals surface area contributed by atoms with Crippen molar-refractivity contribution in [2.24, 2.45) is 0 Å². The average molecular weight is 445 g/mol. The molecule has 0 saturated carbocycles. The highest BCUT2D eigenvalue weighted by Gasteiger charge is 2.31. The summed E-state index contributed by atoms with van der Waals surface area (Å²) >= 11 is 12.1. The molecule has 1 aromatic heterocycles. The summed E-state index contributed by atoms with van der Waals surface area (Å²) in [4.78, 5) is 11.7. The van der Waals surface area contributed by atoms with Gasteiger partial charge in [-0.05, 0) is 36.8 Å². The Morgan fingerprint density at radius 1 is 1.17 bits per heavy atom. The fourth-order valence-electron chi connectivity index (χ4n) is 2.99. The van der Waals surface area contributed by atoms with Crippen molar-refractivity contribution in [2.75, 3.05) is 6.61 Å². The lowest BCUT2D eigenvalue weighted by atomic mass is 10.1. The van der Waals surface area contributed by atoms with Crippen molar-refractivity contribution >= 4 is 40.1 Å². The van der Waals surface area contributed by atoms with Crippen LogP contribution in [0, 0.1) is 0 Å². The number of halogens is 5. The van der Waals surface area contributed by atoms with Crippen LogP contribution in [-0.4, -0.2) is 22.4 Å². The van der Waals surface area contributed by atoms with E-state index in [0.717, 1.165) is 12.1 Å². The Hall–Kier alpha value is -2.25. The monoisotopic (exact) mass is 444 g/mol. The largest absolute Gasteiger partial charge is 0.466 e. The molecule has 2 aromatic carbocycles. The highest BCUT2D eigenvalue weighted by atomic mass is 35.5. The zero-order valence-corrected chi connectivity index (χ0v) is 16.9.